The average Bonchev–Trinajstić information content (AvgIpc) is 2.26. The van der Waals surface area contributed by atoms with Crippen molar-refractivity contribution >= 4 is 5.82 Å². The van der Waals surface area contributed by atoms with E-state index in [-0.39, 0.29) is 5.41 Å². The molecule has 1 aromatic heterocycles. The summed E-state index contributed by atoms with van der Waals surface area (Å²) in [5.74, 6) is 1.76. The number of hydrogen-bond acceptors (Lipinski definition) is 3. The second-order valence-electron chi connectivity index (χ2n) is 6.93. The highest BCUT2D eigenvalue weighted by Crippen LogP contribution is 2.21. The second kappa shape index (κ2) is 6.90. The Morgan fingerprint density at radius 2 is 2.00 bits per heavy atom. The largest absolute Gasteiger partial charge is 0.359 e. The molecule has 1 rings (SSSR count). The quantitative estimate of drug-likeness (QED) is 0.853. The maximum atomic E-state index is 4.55. The third-order valence-electron chi connectivity index (χ3n) is 2.81. The first-order valence-electron chi connectivity index (χ1n) is 7.15. The molecule has 0 amide bonds. The molecule has 0 aromatic carbocycles. The van der Waals surface area contributed by atoms with Crippen LogP contribution in [-0.4, -0.2) is 25.1 Å². The molecule has 3 heteroatoms. The normalized spacial score (nSPS) is 11.9. The number of rotatable bonds is 6. The molecule has 0 aliphatic rings. The van der Waals surface area contributed by atoms with E-state index in [0.29, 0.717) is 5.92 Å². The molecular weight excluding hydrogens is 234 g/mol. The maximum absolute atomic E-state index is 4.55. The van der Waals surface area contributed by atoms with E-state index in [9.17, 15) is 0 Å². The Bertz CT molecular complexity index is 380. The molecule has 0 saturated heterocycles. The van der Waals surface area contributed by atoms with Crippen LogP contribution in [0.3, 0.4) is 0 Å². The highest BCUT2D eigenvalue weighted by Gasteiger charge is 2.16. The third kappa shape index (κ3) is 6.06. The lowest BCUT2D eigenvalue weighted by molar-refractivity contribution is 0.417. The Morgan fingerprint density at radius 3 is 2.58 bits per heavy atom. The summed E-state index contributed by atoms with van der Waals surface area (Å²) < 4.78 is 0. The number of pyridine rings is 1. The molecule has 0 aliphatic carbocycles. The van der Waals surface area contributed by atoms with Gasteiger partial charge in [-0.2, -0.15) is 0 Å². The summed E-state index contributed by atoms with van der Waals surface area (Å²) in [6.07, 6.45) is 1.88. The van der Waals surface area contributed by atoms with E-state index in [1.807, 2.05) is 12.3 Å². The zero-order valence-electron chi connectivity index (χ0n) is 13.3. The highest BCUT2D eigenvalue weighted by molar-refractivity contribution is 5.46. The SMILES string of the molecule is CC(C)CNCc1cccnc1N(C)CC(C)(C)C. The summed E-state index contributed by atoms with van der Waals surface area (Å²) in [4.78, 5) is 6.80. The van der Waals surface area contributed by atoms with Gasteiger partial charge in [0.25, 0.3) is 0 Å². The zero-order valence-corrected chi connectivity index (χ0v) is 13.3. The highest BCUT2D eigenvalue weighted by atomic mass is 15.2. The Balaban J connectivity index is 2.72. The minimum atomic E-state index is 0.273. The van der Waals surface area contributed by atoms with Crippen molar-refractivity contribution in [3.05, 3.63) is 23.9 Å². The molecule has 1 N–H and O–H groups in total. The first kappa shape index (κ1) is 16.0. The lowest BCUT2D eigenvalue weighted by Crippen LogP contribution is -2.31. The van der Waals surface area contributed by atoms with E-state index < -0.39 is 0 Å². The Morgan fingerprint density at radius 1 is 1.32 bits per heavy atom. The average molecular weight is 263 g/mol. The number of aromatic nitrogens is 1. The molecule has 19 heavy (non-hydrogen) atoms. The molecule has 0 fully saturated rings. The first-order chi connectivity index (χ1) is 8.79. The number of nitrogens with one attached hydrogen (secondary N) is 1. The summed E-state index contributed by atoms with van der Waals surface area (Å²) in [6, 6.07) is 4.18. The molecule has 1 heterocycles. The van der Waals surface area contributed by atoms with Gasteiger partial charge in [-0.25, -0.2) is 4.98 Å². The fourth-order valence-electron chi connectivity index (χ4n) is 2.19. The lowest BCUT2D eigenvalue weighted by Gasteiger charge is -2.29. The van der Waals surface area contributed by atoms with Crippen LogP contribution in [0, 0.1) is 11.3 Å². The third-order valence-corrected chi connectivity index (χ3v) is 2.81. The van der Waals surface area contributed by atoms with Gasteiger partial charge in [0.05, 0.1) is 0 Å². The van der Waals surface area contributed by atoms with Crippen LogP contribution in [0.2, 0.25) is 0 Å². The Kier molecular flexibility index (Phi) is 5.80. The van der Waals surface area contributed by atoms with E-state index in [1.165, 1.54) is 5.56 Å². The fourth-order valence-corrected chi connectivity index (χ4v) is 2.19. The summed E-state index contributed by atoms with van der Waals surface area (Å²) in [5.41, 5.74) is 1.55. The van der Waals surface area contributed by atoms with Crippen molar-refractivity contribution in [3.63, 3.8) is 0 Å². The van der Waals surface area contributed by atoms with Crippen molar-refractivity contribution in [3.8, 4) is 0 Å². The van der Waals surface area contributed by atoms with Crippen LogP contribution in [0.25, 0.3) is 0 Å². The van der Waals surface area contributed by atoms with Crippen molar-refractivity contribution in [2.24, 2.45) is 11.3 Å². The maximum Gasteiger partial charge on any atom is 0.132 e. The Hall–Kier alpha value is -1.09. The molecule has 3 nitrogen and oxygen atoms in total. The predicted octanol–water partition coefficient (Wildman–Crippen LogP) is 3.31. The zero-order chi connectivity index (χ0) is 14.5. The van der Waals surface area contributed by atoms with E-state index in [0.717, 1.165) is 25.5 Å². The van der Waals surface area contributed by atoms with Crippen LogP contribution in [0.1, 0.15) is 40.2 Å². The van der Waals surface area contributed by atoms with E-state index >= 15 is 0 Å². The molecule has 0 unspecified atom stereocenters. The van der Waals surface area contributed by atoms with Crippen LogP contribution < -0.4 is 10.2 Å². The van der Waals surface area contributed by atoms with Gasteiger partial charge in [-0.15, -0.1) is 0 Å². The molecule has 0 radical (unpaired) electrons. The molecule has 108 valence electrons. The van der Waals surface area contributed by atoms with Gasteiger partial charge in [-0.05, 0) is 23.9 Å². The van der Waals surface area contributed by atoms with E-state index in [4.69, 9.17) is 0 Å². The Labute approximate surface area is 118 Å². The van der Waals surface area contributed by atoms with Gasteiger partial charge in [-0.1, -0.05) is 40.7 Å². The van der Waals surface area contributed by atoms with E-state index in [2.05, 4.69) is 62.9 Å². The molecule has 0 atom stereocenters. The molecular formula is C16H29N3. The lowest BCUT2D eigenvalue weighted by atomic mass is 9.96. The molecule has 0 bridgehead atoms. The topological polar surface area (TPSA) is 28.2 Å². The smallest absolute Gasteiger partial charge is 0.132 e. The molecule has 1 aromatic rings. The first-order valence-corrected chi connectivity index (χ1v) is 7.15. The fraction of sp³-hybridized carbons (Fsp3) is 0.688. The monoisotopic (exact) mass is 263 g/mol. The van der Waals surface area contributed by atoms with Crippen LogP contribution in [-0.2, 0) is 6.54 Å². The van der Waals surface area contributed by atoms with Crippen LogP contribution >= 0.6 is 0 Å². The molecule has 0 spiro atoms. The van der Waals surface area contributed by atoms with Crippen LogP contribution in [0.5, 0.6) is 0 Å². The van der Waals surface area contributed by atoms with Gasteiger partial charge in [0.15, 0.2) is 0 Å². The van der Waals surface area contributed by atoms with Crippen molar-refractivity contribution < 1.29 is 0 Å². The number of hydrogen-bond donors (Lipinski definition) is 1. The number of anilines is 1. The van der Waals surface area contributed by atoms with Gasteiger partial charge in [-0.3, -0.25) is 0 Å². The summed E-state index contributed by atoms with van der Waals surface area (Å²) in [5, 5.41) is 3.49. The predicted molar refractivity (Wildman–Crippen MR) is 83.5 cm³/mol. The standard InChI is InChI=1S/C16H29N3/c1-13(2)10-17-11-14-8-7-9-18-15(14)19(6)12-16(3,4)5/h7-9,13,17H,10-12H2,1-6H3. The van der Waals surface area contributed by atoms with Crippen LogP contribution in [0.4, 0.5) is 5.82 Å². The minimum Gasteiger partial charge on any atom is -0.359 e. The van der Waals surface area contributed by atoms with Crippen molar-refractivity contribution in [2.45, 2.75) is 41.2 Å². The summed E-state index contributed by atoms with van der Waals surface area (Å²) in [7, 11) is 2.12. The van der Waals surface area contributed by atoms with Crippen molar-refractivity contribution in [2.75, 3.05) is 25.0 Å². The van der Waals surface area contributed by atoms with Gasteiger partial charge in [0, 0.05) is 31.9 Å². The van der Waals surface area contributed by atoms with Gasteiger partial charge in [0.1, 0.15) is 5.82 Å². The summed E-state index contributed by atoms with van der Waals surface area (Å²) in [6.45, 7) is 14.1. The van der Waals surface area contributed by atoms with Gasteiger partial charge >= 0.3 is 0 Å². The van der Waals surface area contributed by atoms with Crippen molar-refractivity contribution in [1.29, 1.82) is 0 Å². The minimum absolute atomic E-state index is 0.273. The summed E-state index contributed by atoms with van der Waals surface area (Å²) >= 11 is 0. The van der Waals surface area contributed by atoms with Gasteiger partial charge in [0.2, 0.25) is 0 Å². The number of nitrogens with zero attached hydrogens (tertiary/aromatic N) is 2. The van der Waals surface area contributed by atoms with E-state index in [1.54, 1.807) is 0 Å². The second-order valence-corrected chi connectivity index (χ2v) is 6.93. The van der Waals surface area contributed by atoms with Crippen LogP contribution in [0.15, 0.2) is 18.3 Å². The van der Waals surface area contributed by atoms with Gasteiger partial charge < -0.3 is 10.2 Å². The molecule has 0 saturated carbocycles. The van der Waals surface area contributed by atoms with Crippen molar-refractivity contribution in [1.82, 2.24) is 10.3 Å². The molecule has 0 aliphatic heterocycles.